The summed E-state index contributed by atoms with van der Waals surface area (Å²) in [6.07, 6.45) is 0.922. The molecule has 2 aromatic rings. The Labute approximate surface area is 192 Å². The number of piperidine rings is 1. The number of nitrogens with zero attached hydrogens (tertiary/aromatic N) is 2. The molecule has 32 heavy (non-hydrogen) atoms. The Morgan fingerprint density at radius 3 is 2.41 bits per heavy atom. The Bertz CT molecular complexity index is 1050. The van der Waals surface area contributed by atoms with Crippen LogP contribution in [-0.2, 0) is 11.3 Å². The molecule has 0 aromatic heterocycles. The first kappa shape index (κ1) is 23.4. The number of ketones is 1. The van der Waals surface area contributed by atoms with E-state index in [0.29, 0.717) is 31.6 Å². The lowest BCUT2D eigenvalue weighted by Gasteiger charge is -2.31. The monoisotopic (exact) mass is 504 g/mol. The zero-order valence-corrected chi connectivity index (χ0v) is 18.6. The number of urea groups is 1. The molecule has 168 valence electrons. The van der Waals surface area contributed by atoms with Gasteiger partial charge in [-0.1, -0.05) is 12.1 Å². The number of halogens is 2. The Hall–Kier alpha value is -3.27. The van der Waals surface area contributed by atoms with Crippen LogP contribution in [0.1, 0.15) is 28.8 Å². The van der Waals surface area contributed by atoms with Crippen molar-refractivity contribution >= 4 is 45.2 Å². The van der Waals surface area contributed by atoms with Gasteiger partial charge in [0.2, 0.25) is 5.78 Å². The lowest BCUT2D eigenvalue weighted by molar-refractivity contribution is -0.117. The van der Waals surface area contributed by atoms with E-state index in [0.717, 1.165) is 5.56 Å². The number of carbonyl (C=O) groups excluding carboxylic acids is 2. The molecule has 8 nitrogen and oxygen atoms in total. The largest absolute Gasteiger partial charge is 0.478 e. The third-order valence-corrected chi connectivity index (χ3v) is 5.81. The van der Waals surface area contributed by atoms with Crippen molar-refractivity contribution < 1.29 is 23.9 Å². The first-order chi connectivity index (χ1) is 15.2. The summed E-state index contributed by atoms with van der Waals surface area (Å²) in [5, 5.41) is 11.7. The van der Waals surface area contributed by atoms with Gasteiger partial charge in [-0.05, 0) is 64.7 Å². The first-order valence-corrected chi connectivity index (χ1v) is 10.7. The van der Waals surface area contributed by atoms with Gasteiger partial charge in [0.05, 0.1) is 15.7 Å². The molecule has 0 radical (unpaired) electrons. The number of likely N-dealkylation sites (tertiary alicyclic amines) is 1. The van der Waals surface area contributed by atoms with Crippen LogP contribution in [0, 0.1) is 11.7 Å². The molecule has 0 atom stereocenters. The summed E-state index contributed by atoms with van der Waals surface area (Å²) in [7, 11) is 0. The molecule has 3 rings (SSSR count). The number of aromatic carboxylic acids is 1. The minimum atomic E-state index is -1.01. The third kappa shape index (κ3) is 5.91. The van der Waals surface area contributed by atoms with Crippen molar-refractivity contribution in [2.75, 3.05) is 13.1 Å². The van der Waals surface area contributed by atoms with Crippen LogP contribution in [0.4, 0.5) is 14.9 Å². The second kappa shape index (κ2) is 10.4. The summed E-state index contributed by atoms with van der Waals surface area (Å²) >= 11 is 3.07. The first-order valence-electron chi connectivity index (χ1n) is 9.93. The van der Waals surface area contributed by atoms with Crippen LogP contribution in [0.2, 0.25) is 0 Å². The number of hydrogen-bond donors (Lipinski definition) is 3. The predicted molar refractivity (Wildman–Crippen MR) is 120 cm³/mol. The van der Waals surface area contributed by atoms with Gasteiger partial charge in [-0.2, -0.15) is 0 Å². The topological polar surface area (TPSA) is 125 Å². The van der Waals surface area contributed by atoms with E-state index in [1.165, 1.54) is 30.3 Å². The number of amidine groups is 1. The predicted octanol–water partition coefficient (Wildman–Crippen LogP) is 3.47. The summed E-state index contributed by atoms with van der Waals surface area (Å²) in [4.78, 5) is 41.6. The number of carboxylic acids is 1. The number of aliphatic imine (C=N–C) groups is 1. The molecule has 10 heteroatoms. The smallest absolute Gasteiger partial charge is 0.335 e. The molecule has 1 fully saturated rings. The van der Waals surface area contributed by atoms with Crippen LogP contribution in [0.15, 0.2) is 51.9 Å². The van der Waals surface area contributed by atoms with E-state index in [9.17, 15) is 18.8 Å². The molecule has 1 heterocycles. The van der Waals surface area contributed by atoms with Gasteiger partial charge in [0.15, 0.2) is 5.84 Å². The number of carbonyl (C=O) groups is 3. The van der Waals surface area contributed by atoms with Gasteiger partial charge < -0.3 is 21.1 Å². The van der Waals surface area contributed by atoms with Gasteiger partial charge >= 0.3 is 12.0 Å². The SMILES string of the molecule is NC(=Nc1ccc(F)c(Br)c1)C(=O)C1CCN(C(=O)NCc2ccc(C(=O)O)cc2)CC1. The van der Waals surface area contributed by atoms with Crippen LogP contribution >= 0.6 is 15.9 Å². The molecule has 0 bridgehead atoms. The second-order valence-corrected chi connectivity index (χ2v) is 8.24. The number of nitrogens with one attached hydrogen (secondary N) is 1. The van der Waals surface area contributed by atoms with Crippen molar-refractivity contribution in [2.24, 2.45) is 16.6 Å². The Kier molecular flexibility index (Phi) is 7.57. The van der Waals surface area contributed by atoms with E-state index in [-0.39, 0.29) is 40.1 Å². The Morgan fingerprint density at radius 1 is 1.16 bits per heavy atom. The number of Topliss-reactive ketones (excluding diaryl/α,β-unsaturated/α-hetero) is 1. The van der Waals surface area contributed by atoms with Crippen LogP contribution in [0.25, 0.3) is 0 Å². The van der Waals surface area contributed by atoms with Gasteiger partial charge in [-0.3, -0.25) is 4.79 Å². The van der Waals surface area contributed by atoms with Crippen LogP contribution in [0.5, 0.6) is 0 Å². The highest BCUT2D eigenvalue weighted by Crippen LogP contribution is 2.23. The zero-order chi connectivity index (χ0) is 23.3. The van der Waals surface area contributed by atoms with Crippen LogP contribution in [-0.4, -0.2) is 46.7 Å². The van der Waals surface area contributed by atoms with E-state index in [1.807, 2.05) is 0 Å². The molecule has 0 spiro atoms. The number of nitrogens with two attached hydrogens (primary N) is 1. The molecule has 0 unspecified atom stereocenters. The van der Waals surface area contributed by atoms with Gasteiger partial charge in [0, 0.05) is 25.6 Å². The van der Waals surface area contributed by atoms with Gasteiger partial charge in [0.25, 0.3) is 0 Å². The highest BCUT2D eigenvalue weighted by Gasteiger charge is 2.29. The summed E-state index contributed by atoms with van der Waals surface area (Å²) in [5.41, 5.74) is 7.20. The molecule has 4 N–H and O–H groups in total. The quantitative estimate of drug-likeness (QED) is 0.410. The molecular weight excluding hydrogens is 483 g/mol. The number of rotatable bonds is 6. The van der Waals surface area contributed by atoms with E-state index < -0.39 is 11.8 Å². The van der Waals surface area contributed by atoms with E-state index >= 15 is 0 Å². The fourth-order valence-corrected chi connectivity index (χ4v) is 3.72. The third-order valence-electron chi connectivity index (χ3n) is 5.20. The highest BCUT2D eigenvalue weighted by molar-refractivity contribution is 9.10. The standard InChI is InChI=1S/C22H22BrFN4O4/c23-17-11-16(5-6-18(17)24)27-20(25)19(29)14-7-9-28(10-8-14)22(32)26-12-13-1-3-15(4-2-13)21(30)31/h1-6,11,14H,7-10,12H2,(H2,25,27)(H,26,32)(H,30,31). The number of amides is 2. The normalized spacial score (nSPS) is 14.8. The summed E-state index contributed by atoms with van der Waals surface area (Å²) < 4.78 is 13.6. The second-order valence-electron chi connectivity index (χ2n) is 7.38. The van der Waals surface area contributed by atoms with Crippen molar-refractivity contribution in [3.8, 4) is 0 Å². The van der Waals surface area contributed by atoms with Crippen molar-refractivity contribution in [3.05, 3.63) is 63.9 Å². The molecule has 1 aliphatic heterocycles. The van der Waals surface area contributed by atoms with Gasteiger partial charge in [0.1, 0.15) is 5.82 Å². The van der Waals surface area contributed by atoms with E-state index in [2.05, 4.69) is 26.2 Å². The molecule has 1 saturated heterocycles. The van der Waals surface area contributed by atoms with Gasteiger partial charge in [-0.15, -0.1) is 0 Å². The maximum atomic E-state index is 13.3. The molecule has 1 aliphatic rings. The summed E-state index contributed by atoms with van der Waals surface area (Å²) in [5.74, 6) is -2.21. The van der Waals surface area contributed by atoms with E-state index in [1.54, 1.807) is 17.0 Å². The molecule has 0 saturated carbocycles. The average molecular weight is 505 g/mol. The van der Waals surface area contributed by atoms with Crippen molar-refractivity contribution in [2.45, 2.75) is 19.4 Å². The van der Waals surface area contributed by atoms with Crippen molar-refractivity contribution in [1.82, 2.24) is 10.2 Å². The fraction of sp³-hybridized carbons (Fsp3) is 0.273. The molecular formula is C22H22BrFN4O4. The lowest BCUT2D eigenvalue weighted by Crippen LogP contribution is -2.46. The minimum absolute atomic E-state index is 0.142. The molecule has 0 aliphatic carbocycles. The lowest BCUT2D eigenvalue weighted by atomic mass is 9.92. The highest BCUT2D eigenvalue weighted by atomic mass is 79.9. The zero-order valence-electron chi connectivity index (χ0n) is 17.1. The fourth-order valence-electron chi connectivity index (χ4n) is 3.36. The number of benzene rings is 2. The number of hydrogen-bond acceptors (Lipinski definition) is 4. The van der Waals surface area contributed by atoms with E-state index in [4.69, 9.17) is 10.8 Å². The maximum absolute atomic E-state index is 13.3. The summed E-state index contributed by atoms with van der Waals surface area (Å²) in [6, 6.07) is 10.1. The Balaban J connectivity index is 1.49. The summed E-state index contributed by atoms with van der Waals surface area (Å²) in [6.45, 7) is 1.07. The van der Waals surface area contributed by atoms with Crippen molar-refractivity contribution in [1.29, 1.82) is 0 Å². The van der Waals surface area contributed by atoms with Gasteiger partial charge in [-0.25, -0.2) is 19.0 Å². The number of carboxylic acid groups (broad SMARTS) is 1. The minimum Gasteiger partial charge on any atom is -0.478 e. The molecule has 2 aromatic carbocycles. The van der Waals surface area contributed by atoms with Crippen molar-refractivity contribution in [3.63, 3.8) is 0 Å². The Morgan fingerprint density at radius 2 is 1.81 bits per heavy atom. The van der Waals surface area contributed by atoms with Crippen LogP contribution in [0.3, 0.4) is 0 Å². The van der Waals surface area contributed by atoms with Crippen LogP contribution < -0.4 is 11.1 Å². The molecule has 2 amide bonds. The maximum Gasteiger partial charge on any atom is 0.335 e. The average Bonchev–Trinajstić information content (AvgIpc) is 2.79.